The molecule has 0 saturated heterocycles. The standard InChI is InChI=1S/C14H30.H2O/c1-3-5-7-9-11-13-14-12-10-8-6-4-2;/h3-14H2,1-2H3;1H2. The summed E-state index contributed by atoms with van der Waals surface area (Å²) in [5.74, 6) is 0. The van der Waals surface area contributed by atoms with Gasteiger partial charge in [-0.25, -0.2) is 0 Å². The average Bonchev–Trinajstić information content (AvgIpc) is 2.21. The first-order valence-corrected chi connectivity index (χ1v) is 6.91. The van der Waals surface area contributed by atoms with Crippen molar-refractivity contribution in [3.05, 3.63) is 0 Å². The SMILES string of the molecule is CCCCCCCCCCCCCC.O. The molecule has 15 heavy (non-hydrogen) atoms. The van der Waals surface area contributed by atoms with Crippen molar-refractivity contribution >= 4 is 0 Å². The Balaban J connectivity index is 0. The van der Waals surface area contributed by atoms with Crippen LogP contribution in [0.25, 0.3) is 0 Å². The van der Waals surface area contributed by atoms with Crippen molar-refractivity contribution in [1.82, 2.24) is 0 Å². The summed E-state index contributed by atoms with van der Waals surface area (Å²) in [5, 5.41) is 0. The second kappa shape index (κ2) is 16.4. The Morgan fingerprint density at radius 2 is 0.600 bits per heavy atom. The van der Waals surface area contributed by atoms with Crippen molar-refractivity contribution < 1.29 is 5.48 Å². The summed E-state index contributed by atoms with van der Waals surface area (Å²) < 4.78 is 0. The van der Waals surface area contributed by atoms with Crippen LogP contribution in [0.4, 0.5) is 0 Å². The maximum Gasteiger partial charge on any atom is -0.0533 e. The molecule has 0 heterocycles. The summed E-state index contributed by atoms with van der Waals surface area (Å²) in [6.07, 6.45) is 17.4. The zero-order valence-corrected chi connectivity index (χ0v) is 11.0. The maximum absolute atomic E-state index is 2.29. The fraction of sp³-hybridized carbons (Fsp3) is 1.00. The summed E-state index contributed by atoms with van der Waals surface area (Å²) >= 11 is 0. The largest absolute Gasteiger partial charge is 0.412 e. The molecule has 0 rings (SSSR count). The van der Waals surface area contributed by atoms with Gasteiger partial charge in [-0.3, -0.25) is 0 Å². The lowest BCUT2D eigenvalue weighted by Crippen LogP contribution is -1.81. The van der Waals surface area contributed by atoms with E-state index >= 15 is 0 Å². The molecule has 0 amide bonds. The average molecular weight is 216 g/mol. The molecule has 0 saturated carbocycles. The first-order valence-electron chi connectivity index (χ1n) is 6.91. The Morgan fingerprint density at radius 3 is 0.800 bits per heavy atom. The Kier molecular flexibility index (Phi) is 19.0. The number of hydrogen-bond acceptors (Lipinski definition) is 0. The first-order chi connectivity index (χ1) is 6.91. The Hall–Kier alpha value is -0.0400. The van der Waals surface area contributed by atoms with Crippen molar-refractivity contribution in [3.8, 4) is 0 Å². The van der Waals surface area contributed by atoms with Crippen molar-refractivity contribution in [2.75, 3.05) is 0 Å². The highest BCUT2D eigenvalue weighted by molar-refractivity contribution is 4.47. The summed E-state index contributed by atoms with van der Waals surface area (Å²) in [6.45, 7) is 4.57. The van der Waals surface area contributed by atoms with Gasteiger partial charge in [-0.1, -0.05) is 90.9 Å². The number of unbranched alkanes of at least 4 members (excludes halogenated alkanes) is 11. The minimum atomic E-state index is 0. The van der Waals surface area contributed by atoms with Gasteiger partial charge in [0.2, 0.25) is 0 Å². The zero-order valence-electron chi connectivity index (χ0n) is 11.0. The quantitative estimate of drug-likeness (QED) is 0.441. The summed E-state index contributed by atoms with van der Waals surface area (Å²) in [4.78, 5) is 0. The highest BCUT2D eigenvalue weighted by Crippen LogP contribution is 2.11. The van der Waals surface area contributed by atoms with Gasteiger partial charge in [0.05, 0.1) is 0 Å². The third kappa shape index (κ3) is 16.6. The van der Waals surface area contributed by atoms with E-state index in [1.54, 1.807) is 0 Å². The topological polar surface area (TPSA) is 31.5 Å². The van der Waals surface area contributed by atoms with E-state index in [0.29, 0.717) is 0 Å². The molecule has 0 bridgehead atoms. The molecule has 1 heteroatoms. The molecule has 0 radical (unpaired) electrons. The van der Waals surface area contributed by atoms with Crippen LogP contribution in [0.15, 0.2) is 0 Å². The summed E-state index contributed by atoms with van der Waals surface area (Å²) in [5.41, 5.74) is 0. The molecular weight excluding hydrogens is 184 g/mol. The van der Waals surface area contributed by atoms with Crippen molar-refractivity contribution in [2.45, 2.75) is 90.9 Å². The van der Waals surface area contributed by atoms with Crippen molar-refractivity contribution in [2.24, 2.45) is 0 Å². The molecule has 0 fully saturated rings. The van der Waals surface area contributed by atoms with E-state index in [1.165, 1.54) is 77.0 Å². The molecule has 0 aliphatic carbocycles. The minimum Gasteiger partial charge on any atom is -0.412 e. The Morgan fingerprint density at radius 1 is 0.400 bits per heavy atom. The van der Waals surface area contributed by atoms with Crippen molar-refractivity contribution in [3.63, 3.8) is 0 Å². The lowest BCUT2D eigenvalue weighted by Gasteiger charge is -2.01. The van der Waals surface area contributed by atoms with Gasteiger partial charge in [-0.15, -0.1) is 0 Å². The molecule has 0 aliphatic rings. The van der Waals surface area contributed by atoms with Crippen LogP contribution < -0.4 is 0 Å². The molecule has 1 nitrogen and oxygen atoms in total. The highest BCUT2D eigenvalue weighted by atomic mass is 16.0. The fourth-order valence-electron chi connectivity index (χ4n) is 1.91. The van der Waals surface area contributed by atoms with Gasteiger partial charge in [0.1, 0.15) is 0 Å². The Bertz CT molecular complexity index is 79.3. The van der Waals surface area contributed by atoms with E-state index in [-0.39, 0.29) is 5.48 Å². The van der Waals surface area contributed by atoms with Gasteiger partial charge < -0.3 is 5.48 Å². The molecule has 2 N–H and O–H groups in total. The summed E-state index contributed by atoms with van der Waals surface area (Å²) in [7, 11) is 0. The number of rotatable bonds is 11. The monoisotopic (exact) mass is 216 g/mol. The van der Waals surface area contributed by atoms with E-state index in [9.17, 15) is 0 Å². The maximum atomic E-state index is 2.29. The van der Waals surface area contributed by atoms with Gasteiger partial charge in [0, 0.05) is 0 Å². The third-order valence-corrected chi connectivity index (χ3v) is 2.96. The van der Waals surface area contributed by atoms with Gasteiger partial charge in [0.25, 0.3) is 0 Å². The van der Waals surface area contributed by atoms with Gasteiger partial charge >= 0.3 is 0 Å². The Labute approximate surface area is 97.0 Å². The molecular formula is C14H32O. The lowest BCUT2D eigenvalue weighted by molar-refractivity contribution is 0.548. The number of hydrogen-bond donors (Lipinski definition) is 0. The minimum absolute atomic E-state index is 0. The molecule has 0 unspecified atom stereocenters. The van der Waals surface area contributed by atoms with Gasteiger partial charge in [-0.05, 0) is 0 Å². The molecule has 0 aromatic heterocycles. The van der Waals surface area contributed by atoms with Crippen LogP contribution in [0, 0.1) is 0 Å². The molecule has 0 aliphatic heterocycles. The molecule has 0 aromatic carbocycles. The van der Waals surface area contributed by atoms with E-state index in [0.717, 1.165) is 0 Å². The normalized spacial score (nSPS) is 10.0. The highest BCUT2D eigenvalue weighted by Gasteiger charge is 1.91. The van der Waals surface area contributed by atoms with Crippen LogP contribution in [-0.2, 0) is 0 Å². The van der Waals surface area contributed by atoms with Crippen molar-refractivity contribution in [1.29, 1.82) is 0 Å². The summed E-state index contributed by atoms with van der Waals surface area (Å²) in [6, 6.07) is 0. The molecule has 94 valence electrons. The van der Waals surface area contributed by atoms with Gasteiger partial charge in [0.15, 0.2) is 0 Å². The first kappa shape index (κ1) is 17.4. The molecule has 0 atom stereocenters. The van der Waals surface area contributed by atoms with E-state index in [1.807, 2.05) is 0 Å². The van der Waals surface area contributed by atoms with Crippen LogP contribution in [0.1, 0.15) is 90.9 Å². The lowest BCUT2D eigenvalue weighted by atomic mass is 10.1. The van der Waals surface area contributed by atoms with E-state index in [2.05, 4.69) is 13.8 Å². The molecule has 0 aromatic rings. The smallest absolute Gasteiger partial charge is 0.0533 e. The van der Waals surface area contributed by atoms with Crippen LogP contribution >= 0.6 is 0 Å². The van der Waals surface area contributed by atoms with Gasteiger partial charge in [-0.2, -0.15) is 0 Å². The van der Waals surface area contributed by atoms with E-state index in [4.69, 9.17) is 0 Å². The van der Waals surface area contributed by atoms with Crippen LogP contribution in [-0.4, -0.2) is 5.48 Å². The van der Waals surface area contributed by atoms with E-state index < -0.39 is 0 Å². The molecule has 0 spiro atoms. The fourth-order valence-corrected chi connectivity index (χ4v) is 1.91. The van der Waals surface area contributed by atoms with Crippen LogP contribution in [0.2, 0.25) is 0 Å². The predicted octanol–water partition coefficient (Wildman–Crippen LogP) is 4.88. The second-order valence-electron chi connectivity index (χ2n) is 4.54. The van der Waals surface area contributed by atoms with Crippen LogP contribution in [0.5, 0.6) is 0 Å². The zero-order chi connectivity index (χ0) is 10.5. The third-order valence-electron chi connectivity index (χ3n) is 2.96. The second-order valence-corrected chi connectivity index (χ2v) is 4.54. The van der Waals surface area contributed by atoms with Crippen LogP contribution in [0.3, 0.4) is 0 Å². The predicted molar refractivity (Wildman–Crippen MR) is 70.4 cm³/mol.